The first-order valence-corrected chi connectivity index (χ1v) is 12.5. The maximum atomic E-state index is 13.0. The molecule has 2 aliphatic rings. The molecule has 3 aromatic rings. The van der Waals surface area contributed by atoms with Crippen LogP contribution in [0.1, 0.15) is 70.3 Å². The summed E-state index contributed by atoms with van der Waals surface area (Å²) in [5.74, 6) is -0.289. The van der Waals surface area contributed by atoms with Crippen molar-refractivity contribution in [3.8, 4) is 17.3 Å². The number of carbonyl (C=O) groups is 2. The average Bonchev–Trinajstić information content (AvgIpc) is 3.42. The van der Waals surface area contributed by atoms with Crippen molar-refractivity contribution in [2.24, 2.45) is 5.41 Å². The number of hydrogen-bond donors (Lipinski definition) is 2. The first kappa shape index (κ1) is 26.1. The predicted octanol–water partition coefficient (Wildman–Crippen LogP) is 4.98. The normalized spacial score (nSPS) is 15.2. The Morgan fingerprint density at radius 3 is 2.68 bits per heavy atom. The van der Waals surface area contributed by atoms with E-state index in [1.54, 1.807) is 18.2 Å². The summed E-state index contributed by atoms with van der Waals surface area (Å²) < 4.78 is 12.3. The van der Waals surface area contributed by atoms with Gasteiger partial charge in [0, 0.05) is 54.5 Å². The molecule has 1 aromatic heterocycles. The molecule has 0 radical (unpaired) electrons. The molecule has 0 unspecified atom stereocenters. The molecule has 0 atom stereocenters. The third-order valence-electron chi connectivity index (χ3n) is 6.89. The lowest BCUT2D eigenvalue weighted by Crippen LogP contribution is -2.25. The minimum atomic E-state index is -0.593. The predicted molar refractivity (Wildman–Crippen MR) is 139 cm³/mol. The van der Waals surface area contributed by atoms with E-state index in [1.165, 1.54) is 18.2 Å². The van der Waals surface area contributed by atoms with Gasteiger partial charge < -0.3 is 10.2 Å². The fourth-order valence-electron chi connectivity index (χ4n) is 4.99. The van der Waals surface area contributed by atoms with Crippen molar-refractivity contribution >= 4 is 11.8 Å². The number of nitrogens with one attached hydrogen (secondary N) is 2. The number of rotatable bonds is 6. The zero-order chi connectivity index (χ0) is 26.6. The van der Waals surface area contributed by atoms with Crippen LogP contribution in [-0.2, 0) is 25.9 Å². The van der Waals surface area contributed by atoms with Gasteiger partial charge in [-0.2, -0.15) is 10.4 Å². The molecule has 0 bridgehead atoms. The first-order valence-electron chi connectivity index (χ1n) is 12.5. The van der Waals surface area contributed by atoms with Crippen LogP contribution in [-0.4, -0.2) is 40.1 Å². The lowest BCUT2D eigenvalue weighted by Gasteiger charge is -2.29. The third kappa shape index (κ3) is 5.72. The van der Waals surface area contributed by atoms with Crippen LogP contribution in [0.3, 0.4) is 0 Å². The Bertz CT molecular complexity index is 1340. The van der Waals surface area contributed by atoms with Crippen LogP contribution < -0.4 is 5.32 Å². The van der Waals surface area contributed by atoms with Crippen LogP contribution in [0, 0.1) is 16.7 Å². The van der Waals surface area contributed by atoms with E-state index in [-0.39, 0.29) is 23.8 Å². The second-order valence-electron chi connectivity index (χ2n) is 10.3. The van der Waals surface area contributed by atoms with Gasteiger partial charge in [0.1, 0.15) is 6.67 Å². The molecule has 37 heavy (non-hydrogen) atoms. The maximum absolute atomic E-state index is 13.0. The highest BCUT2D eigenvalue weighted by atomic mass is 19.1. The van der Waals surface area contributed by atoms with Crippen LogP contribution in [0.15, 0.2) is 42.5 Å². The van der Waals surface area contributed by atoms with Gasteiger partial charge in [0.05, 0.1) is 11.8 Å². The topological polar surface area (TPSA) is 102 Å². The molecule has 1 aliphatic heterocycles. The lowest BCUT2D eigenvalue weighted by atomic mass is 9.76. The molecule has 7 nitrogen and oxygen atoms in total. The van der Waals surface area contributed by atoms with Crippen molar-refractivity contribution < 1.29 is 14.0 Å². The summed E-state index contributed by atoms with van der Waals surface area (Å²) in [4.78, 5) is 26.8. The van der Waals surface area contributed by atoms with Crippen molar-refractivity contribution in [2.45, 2.75) is 53.1 Å². The minimum absolute atomic E-state index is 0.00216. The van der Waals surface area contributed by atoms with Gasteiger partial charge in [-0.25, -0.2) is 4.39 Å². The van der Waals surface area contributed by atoms with Crippen molar-refractivity contribution in [1.82, 2.24) is 20.4 Å². The number of halogens is 1. The minimum Gasteiger partial charge on any atom is -0.349 e. The molecular weight excluding hydrogens is 469 g/mol. The summed E-state index contributed by atoms with van der Waals surface area (Å²) in [6, 6.07) is 14.8. The van der Waals surface area contributed by atoms with E-state index < -0.39 is 6.67 Å². The molecule has 2 heterocycles. The molecule has 0 fully saturated rings. The number of fused-ring (bicyclic) bond motifs is 2. The Morgan fingerprint density at radius 2 is 1.97 bits per heavy atom. The summed E-state index contributed by atoms with van der Waals surface area (Å²) in [5.41, 5.74) is 8.03. The largest absolute Gasteiger partial charge is 0.349 e. The number of nitriles is 1. The number of hydrogen-bond acceptors (Lipinski definition) is 4. The molecule has 192 valence electrons. The number of aromatic amines is 1. The molecule has 2 N–H and O–H groups in total. The number of alkyl halides is 1. The number of benzene rings is 2. The molecule has 5 rings (SSSR count). The van der Waals surface area contributed by atoms with Crippen molar-refractivity contribution in [3.63, 3.8) is 0 Å². The summed E-state index contributed by atoms with van der Waals surface area (Å²) in [5, 5.41) is 17.7. The molecule has 0 saturated carbocycles. The maximum Gasteiger partial charge on any atom is 0.254 e. The monoisotopic (exact) mass is 501 g/mol. The smallest absolute Gasteiger partial charge is 0.254 e. The van der Waals surface area contributed by atoms with Gasteiger partial charge in [-0.15, -0.1) is 0 Å². The summed E-state index contributed by atoms with van der Waals surface area (Å²) in [7, 11) is 0. The highest BCUT2D eigenvalue weighted by molar-refractivity contribution is 5.99. The second-order valence-corrected chi connectivity index (χ2v) is 10.3. The van der Waals surface area contributed by atoms with E-state index in [2.05, 4.69) is 35.4 Å². The van der Waals surface area contributed by atoms with Crippen molar-refractivity contribution in [3.05, 3.63) is 76.0 Å². The molecule has 0 spiro atoms. The van der Waals surface area contributed by atoms with Crippen LogP contribution in [0.25, 0.3) is 11.3 Å². The van der Waals surface area contributed by atoms with Gasteiger partial charge in [0.2, 0.25) is 0 Å². The Labute approximate surface area is 216 Å². The highest BCUT2D eigenvalue weighted by Crippen LogP contribution is 2.38. The standard InChI is InChI=1S/C27H29FN4O2.C2H3N/c1-27(2)10-9-22-23(14-27)30-31-24(22)19-7-8-21-20(13-19)16-32(26(21)34)15-17-3-5-18(6-4-17)25(33)29-12-11-28;1-2-3/h3-8,13H,9-12,14-16H2,1-2H3,(H,29,33)(H,30,31);1H3. The van der Waals surface area contributed by atoms with E-state index in [0.717, 1.165) is 47.2 Å². The zero-order valence-electron chi connectivity index (χ0n) is 21.5. The number of nitrogens with zero attached hydrogens (tertiary/aromatic N) is 3. The Hall–Kier alpha value is -3.99. The summed E-state index contributed by atoms with van der Waals surface area (Å²) >= 11 is 0. The first-order chi connectivity index (χ1) is 17.8. The van der Waals surface area contributed by atoms with Gasteiger partial charge in [-0.1, -0.05) is 32.0 Å². The number of aromatic nitrogens is 2. The third-order valence-corrected chi connectivity index (χ3v) is 6.89. The number of H-pyrrole nitrogens is 1. The van der Waals surface area contributed by atoms with Crippen LogP contribution in [0.2, 0.25) is 0 Å². The van der Waals surface area contributed by atoms with Crippen molar-refractivity contribution in [1.29, 1.82) is 5.26 Å². The quantitative estimate of drug-likeness (QED) is 0.497. The second kappa shape index (κ2) is 11.0. The fraction of sp³-hybridized carbons (Fsp3) is 0.379. The molecule has 1 aliphatic carbocycles. The lowest BCUT2D eigenvalue weighted by molar-refractivity contribution is 0.0766. The van der Waals surface area contributed by atoms with E-state index in [0.29, 0.717) is 18.7 Å². The number of carbonyl (C=O) groups excluding carboxylic acids is 2. The van der Waals surface area contributed by atoms with Gasteiger partial charge in [0.25, 0.3) is 11.8 Å². The Morgan fingerprint density at radius 1 is 1.24 bits per heavy atom. The zero-order valence-corrected chi connectivity index (χ0v) is 21.5. The summed E-state index contributed by atoms with van der Waals surface area (Å²) in [6.45, 7) is 6.43. The molecular formula is C29H32FN5O2. The van der Waals surface area contributed by atoms with Gasteiger partial charge in [-0.3, -0.25) is 14.7 Å². The molecule has 0 saturated heterocycles. The molecule has 2 amide bonds. The average molecular weight is 502 g/mol. The highest BCUT2D eigenvalue weighted by Gasteiger charge is 2.31. The van der Waals surface area contributed by atoms with E-state index in [9.17, 15) is 14.0 Å². The fourth-order valence-corrected chi connectivity index (χ4v) is 4.99. The van der Waals surface area contributed by atoms with E-state index >= 15 is 0 Å². The SMILES string of the molecule is CC#N.CC1(C)CCc2c(-c3ccc4c(c3)CN(Cc3ccc(C(=O)NCCF)cc3)C4=O)n[nH]c2C1. The van der Waals surface area contributed by atoms with Gasteiger partial charge in [0.15, 0.2) is 0 Å². The van der Waals surface area contributed by atoms with Gasteiger partial charge >= 0.3 is 0 Å². The van der Waals surface area contributed by atoms with Crippen LogP contribution in [0.4, 0.5) is 4.39 Å². The Kier molecular flexibility index (Phi) is 7.72. The molecule has 8 heteroatoms. The Balaban J connectivity index is 0.00000102. The summed E-state index contributed by atoms with van der Waals surface area (Å²) in [6.07, 6.45) is 3.15. The van der Waals surface area contributed by atoms with Gasteiger partial charge in [-0.05, 0) is 60.1 Å². The van der Waals surface area contributed by atoms with E-state index in [4.69, 9.17) is 5.26 Å². The van der Waals surface area contributed by atoms with Crippen molar-refractivity contribution in [2.75, 3.05) is 13.2 Å². The van der Waals surface area contributed by atoms with E-state index in [1.807, 2.05) is 29.2 Å². The molecule has 2 aromatic carbocycles. The number of amides is 2. The van der Waals surface area contributed by atoms with Crippen LogP contribution in [0.5, 0.6) is 0 Å². The van der Waals surface area contributed by atoms with Crippen LogP contribution >= 0.6 is 0 Å².